The molecule has 0 bridgehead atoms. The van der Waals surface area contributed by atoms with Gasteiger partial charge < -0.3 is 25.5 Å². The molecular formula is C38H36N4O5. The summed E-state index contributed by atoms with van der Waals surface area (Å²) in [5.74, 6) is -0.273. The molecule has 9 heteroatoms. The molecule has 1 aliphatic heterocycles. The number of anilines is 2. The number of ether oxygens (including phenoxy) is 1. The fourth-order valence-corrected chi connectivity index (χ4v) is 5.94. The normalized spacial score (nSPS) is 13.3. The molecule has 47 heavy (non-hydrogen) atoms. The van der Waals surface area contributed by atoms with Gasteiger partial charge in [0.05, 0.1) is 0 Å². The summed E-state index contributed by atoms with van der Waals surface area (Å²) in [5, 5.41) is 15.6. The van der Waals surface area contributed by atoms with Gasteiger partial charge in [0.2, 0.25) is 5.43 Å². The highest BCUT2D eigenvalue weighted by Crippen LogP contribution is 2.36. The lowest BCUT2D eigenvalue weighted by Gasteiger charge is -2.23. The average molecular weight is 629 g/mol. The predicted octanol–water partition coefficient (Wildman–Crippen LogP) is 7.78. The minimum atomic E-state index is -0.482. The first-order valence-corrected chi connectivity index (χ1v) is 15.7. The zero-order valence-electron chi connectivity index (χ0n) is 26.1. The summed E-state index contributed by atoms with van der Waals surface area (Å²) in [6.45, 7) is 4.20. The van der Waals surface area contributed by atoms with Crippen LogP contribution in [0.3, 0.4) is 0 Å². The number of phenols is 1. The van der Waals surface area contributed by atoms with Crippen molar-refractivity contribution in [2.75, 3.05) is 24.3 Å². The summed E-state index contributed by atoms with van der Waals surface area (Å²) in [6, 6.07) is 25.3. The number of carbonyl (C=O) groups excluding carboxylic acids is 1. The second-order valence-electron chi connectivity index (χ2n) is 11.8. The average Bonchev–Trinajstić information content (AvgIpc) is 3.10. The van der Waals surface area contributed by atoms with Crippen molar-refractivity contribution in [1.29, 1.82) is 0 Å². The van der Waals surface area contributed by atoms with Crippen LogP contribution in [0.5, 0.6) is 5.75 Å². The van der Waals surface area contributed by atoms with Gasteiger partial charge in [-0.25, -0.2) is 0 Å². The van der Waals surface area contributed by atoms with Crippen LogP contribution in [0.4, 0.5) is 17.1 Å². The van der Waals surface area contributed by atoms with E-state index < -0.39 is 5.91 Å². The van der Waals surface area contributed by atoms with Gasteiger partial charge >= 0.3 is 0 Å². The molecule has 9 nitrogen and oxygen atoms in total. The molecule has 1 fully saturated rings. The maximum atomic E-state index is 13.7. The number of nitrogens with zero attached hydrogens (tertiary/aromatic N) is 2. The quantitative estimate of drug-likeness (QED) is 0.113. The fourth-order valence-electron chi connectivity index (χ4n) is 5.94. The highest BCUT2D eigenvalue weighted by atomic mass is 16.5. The van der Waals surface area contributed by atoms with Crippen LogP contribution in [0.1, 0.15) is 35.7 Å². The Balaban J connectivity index is 1.27. The first-order valence-electron chi connectivity index (χ1n) is 15.7. The Morgan fingerprint density at radius 2 is 1.53 bits per heavy atom. The van der Waals surface area contributed by atoms with E-state index in [1.807, 2.05) is 59.3 Å². The van der Waals surface area contributed by atoms with E-state index in [1.54, 1.807) is 30.5 Å². The summed E-state index contributed by atoms with van der Waals surface area (Å²) in [4.78, 5) is 38.5. The molecule has 0 saturated carbocycles. The summed E-state index contributed by atoms with van der Waals surface area (Å²) in [6.07, 6.45) is 6.27. The van der Waals surface area contributed by atoms with Gasteiger partial charge in [-0.05, 0) is 94.6 Å². The molecule has 0 spiro atoms. The molecule has 0 radical (unpaired) electrons. The molecule has 2 heterocycles. The number of nitrogens with two attached hydrogens (primary N) is 1. The SMILES string of the molecule is CCc1ccc(-c2cn(CC3CCOCC3)cc(C(=O)Nc3ccc(-c4cc(-c5ccc(O)c(N=O)c5)ccc4N)cc3)c2=O)cc1. The zero-order valence-corrected chi connectivity index (χ0v) is 26.1. The number of hydrogen-bond donors (Lipinski definition) is 3. The summed E-state index contributed by atoms with van der Waals surface area (Å²) < 4.78 is 7.50. The Morgan fingerprint density at radius 1 is 0.894 bits per heavy atom. The largest absolute Gasteiger partial charge is 0.506 e. The van der Waals surface area contributed by atoms with Crippen LogP contribution in [-0.2, 0) is 17.7 Å². The minimum absolute atomic E-state index is 0.0451. The van der Waals surface area contributed by atoms with Crippen LogP contribution in [-0.4, -0.2) is 28.8 Å². The van der Waals surface area contributed by atoms with Crippen molar-refractivity contribution in [3.63, 3.8) is 0 Å². The van der Waals surface area contributed by atoms with Crippen LogP contribution in [0.25, 0.3) is 33.4 Å². The summed E-state index contributed by atoms with van der Waals surface area (Å²) in [7, 11) is 0. The van der Waals surface area contributed by atoms with Gasteiger partial charge in [0.25, 0.3) is 5.91 Å². The first kappa shape index (κ1) is 31.4. The van der Waals surface area contributed by atoms with Crippen molar-refractivity contribution >= 4 is 23.0 Å². The number of aromatic nitrogens is 1. The molecular weight excluding hydrogens is 592 g/mol. The second-order valence-corrected chi connectivity index (χ2v) is 11.8. The Bertz CT molecular complexity index is 1980. The van der Waals surface area contributed by atoms with Crippen LogP contribution < -0.4 is 16.5 Å². The van der Waals surface area contributed by atoms with Gasteiger partial charge in [-0.2, -0.15) is 0 Å². The third kappa shape index (κ3) is 7.00. The molecule has 0 unspecified atom stereocenters. The molecule has 4 aromatic carbocycles. The molecule has 6 rings (SSSR count). The number of benzene rings is 4. The highest BCUT2D eigenvalue weighted by molar-refractivity contribution is 6.04. The maximum Gasteiger partial charge on any atom is 0.261 e. The van der Waals surface area contributed by atoms with Crippen LogP contribution in [0, 0.1) is 10.8 Å². The van der Waals surface area contributed by atoms with Crippen LogP contribution >= 0.6 is 0 Å². The Labute approximate surface area is 272 Å². The molecule has 0 atom stereocenters. The van der Waals surface area contributed by atoms with Gasteiger partial charge in [-0.15, -0.1) is 4.91 Å². The number of amides is 1. The maximum absolute atomic E-state index is 13.7. The topological polar surface area (TPSA) is 136 Å². The van der Waals surface area contributed by atoms with E-state index in [4.69, 9.17) is 10.5 Å². The van der Waals surface area contributed by atoms with Crippen molar-refractivity contribution in [2.45, 2.75) is 32.7 Å². The molecule has 0 aliphatic carbocycles. The van der Waals surface area contributed by atoms with E-state index in [9.17, 15) is 19.6 Å². The van der Waals surface area contributed by atoms with Gasteiger partial charge in [0, 0.05) is 54.7 Å². The third-order valence-corrected chi connectivity index (χ3v) is 8.72. The van der Waals surface area contributed by atoms with Gasteiger partial charge in [0.15, 0.2) is 0 Å². The number of hydrogen-bond acceptors (Lipinski definition) is 7. The Morgan fingerprint density at radius 3 is 2.23 bits per heavy atom. The number of nitrogen functional groups attached to an aromatic ring is 1. The first-order chi connectivity index (χ1) is 22.8. The molecule has 238 valence electrons. The fraction of sp³-hybridized carbons (Fsp3) is 0.211. The summed E-state index contributed by atoms with van der Waals surface area (Å²) in [5.41, 5.74) is 12.6. The van der Waals surface area contributed by atoms with E-state index in [0.29, 0.717) is 48.2 Å². The van der Waals surface area contributed by atoms with E-state index >= 15 is 0 Å². The van der Waals surface area contributed by atoms with Crippen molar-refractivity contribution in [3.05, 3.63) is 124 Å². The summed E-state index contributed by atoms with van der Waals surface area (Å²) >= 11 is 0. The Kier molecular flexibility index (Phi) is 9.26. The zero-order chi connectivity index (χ0) is 32.9. The van der Waals surface area contributed by atoms with Crippen LogP contribution in [0.2, 0.25) is 0 Å². The highest BCUT2D eigenvalue weighted by Gasteiger charge is 2.20. The molecule has 1 saturated heterocycles. The molecule has 5 aromatic rings. The lowest BCUT2D eigenvalue weighted by molar-refractivity contribution is 0.0612. The third-order valence-electron chi connectivity index (χ3n) is 8.72. The molecule has 1 aromatic heterocycles. The smallest absolute Gasteiger partial charge is 0.261 e. The molecule has 1 aliphatic rings. The number of rotatable bonds is 9. The number of aromatic hydroxyl groups is 1. The van der Waals surface area contributed by atoms with Crippen molar-refractivity contribution in [1.82, 2.24) is 4.57 Å². The van der Waals surface area contributed by atoms with Gasteiger partial charge in [0.1, 0.15) is 17.0 Å². The van der Waals surface area contributed by atoms with E-state index in [0.717, 1.165) is 41.5 Å². The second kappa shape index (κ2) is 13.8. The number of nitroso groups, excluding NO2 is 1. The number of nitrogens with one attached hydrogen (secondary N) is 1. The number of phenolic OH excluding ortho intramolecular Hbond substituents is 1. The van der Waals surface area contributed by atoms with Crippen LogP contribution in [0.15, 0.2) is 107 Å². The molecule has 4 N–H and O–H groups in total. The van der Waals surface area contributed by atoms with E-state index in [2.05, 4.69) is 17.4 Å². The lowest BCUT2D eigenvalue weighted by Crippen LogP contribution is -2.26. The number of pyridine rings is 1. The van der Waals surface area contributed by atoms with Crippen molar-refractivity contribution in [2.24, 2.45) is 11.1 Å². The lowest BCUT2D eigenvalue weighted by atomic mass is 9.97. The monoisotopic (exact) mass is 628 g/mol. The predicted molar refractivity (Wildman–Crippen MR) is 186 cm³/mol. The van der Waals surface area contributed by atoms with Gasteiger partial charge in [-0.3, -0.25) is 9.59 Å². The van der Waals surface area contributed by atoms with E-state index in [-0.39, 0.29) is 22.4 Å². The Hall–Kier alpha value is -5.54. The minimum Gasteiger partial charge on any atom is -0.506 e. The van der Waals surface area contributed by atoms with Crippen molar-refractivity contribution in [3.8, 4) is 39.1 Å². The molecule has 1 amide bonds. The van der Waals surface area contributed by atoms with E-state index in [1.165, 1.54) is 17.7 Å². The standard InChI is InChI=1S/C38H36N4O5/c1-2-24-3-5-27(6-4-24)32-22-42(21-25-15-17-47-18-16-25)23-33(37(32)44)38(45)40-30-11-7-26(8-12-30)31-19-28(9-13-34(31)39)29-10-14-36(43)35(20-29)41-46/h3-14,19-20,22-23,25,43H,2,15-18,21,39H2,1H3,(H,40,45). The van der Waals surface area contributed by atoms with Gasteiger partial charge in [-0.1, -0.05) is 55.5 Å². The number of aryl methyl sites for hydroxylation is 1. The number of carbonyl (C=O) groups is 1. The van der Waals surface area contributed by atoms with Crippen molar-refractivity contribution < 1.29 is 14.6 Å².